The quantitative estimate of drug-likeness (QED) is 0.534. The monoisotopic (exact) mass is 397 g/mol. The highest BCUT2D eigenvalue weighted by Crippen LogP contribution is 2.29. The molecule has 1 atom stereocenters. The van der Waals surface area contributed by atoms with Crippen LogP contribution in [-0.2, 0) is 11.2 Å². The second-order valence-corrected chi connectivity index (χ2v) is 7.23. The van der Waals surface area contributed by atoms with Gasteiger partial charge in [-0.3, -0.25) is 4.79 Å². The third-order valence-electron chi connectivity index (χ3n) is 4.37. The van der Waals surface area contributed by atoms with E-state index in [9.17, 15) is 4.79 Å². The summed E-state index contributed by atoms with van der Waals surface area (Å²) >= 11 is 3.43. The smallest absolute Gasteiger partial charge is 0.170 e. The average molecular weight is 398 g/mol. The molecule has 2 aromatic carbocycles. The van der Waals surface area contributed by atoms with Crippen molar-refractivity contribution < 1.29 is 9.32 Å². The number of carbonyl (C=O) groups is 1. The molecule has 0 saturated heterocycles. The molecule has 3 nitrogen and oxygen atoms in total. The normalized spacial score (nSPS) is 12.1. The molecule has 4 heteroatoms. The van der Waals surface area contributed by atoms with Gasteiger partial charge in [0.15, 0.2) is 5.76 Å². The number of ketones is 1. The summed E-state index contributed by atoms with van der Waals surface area (Å²) in [4.78, 5) is 12.6. The lowest BCUT2D eigenvalue weighted by atomic mass is 9.92. The van der Waals surface area contributed by atoms with Crippen molar-refractivity contribution in [3.8, 4) is 11.3 Å². The molecular formula is C21H20BrNO2. The molecule has 0 saturated carbocycles. The summed E-state index contributed by atoms with van der Waals surface area (Å²) < 4.78 is 6.50. The predicted molar refractivity (Wildman–Crippen MR) is 103 cm³/mol. The van der Waals surface area contributed by atoms with Gasteiger partial charge in [0.1, 0.15) is 5.78 Å². The Bertz CT molecular complexity index is 853. The van der Waals surface area contributed by atoms with Gasteiger partial charge >= 0.3 is 0 Å². The van der Waals surface area contributed by atoms with E-state index in [2.05, 4.69) is 40.1 Å². The van der Waals surface area contributed by atoms with Crippen molar-refractivity contribution in [3.63, 3.8) is 0 Å². The summed E-state index contributed by atoms with van der Waals surface area (Å²) in [6.07, 6.45) is 0.853. The Morgan fingerprint density at radius 3 is 2.48 bits per heavy atom. The number of carbonyl (C=O) groups excluding carboxylic acids is 1. The van der Waals surface area contributed by atoms with Crippen LogP contribution in [-0.4, -0.2) is 10.9 Å². The Labute approximate surface area is 156 Å². The number of Topliss-reactive ketones (excluding diaryl/α,β-unsaturated/α-hetero) is 1. The number of nitrogens with zero attached hydrogens (tertiary/aromatic N) is 1. The van der Waals surface area contributed by atoms with Gasteiger partial charge in [-0.25, -0.2) is 0 Å². The Kier molecular flexibility index (Phi) is 5.49. The third-order valence-corrected chi connectivity index (χ3v) is 4.90. The largest absolute Gasteiger partial charge is 0.356 e. The zero-order valence-electron chi connectivity index (χ0n) is 14.3. The standard InChI is InChI=1S/C21H20BrNO2/c1-14(16-6-4-3-5-7-16)12-19(24)13-20-15(2)23-25-21(20)17-8-10-18(22)11-9-17/h3-11,14H,12-13H2,1-2H3. The summed E-state index contributed by atoms with van der Waals surface area (Å²) in [6, 6.07) is 18.0. The van der Waals surface area contributed by atoms with Crippen molar-refractivity contribution in [3.05, 3.63) is 75.9 Å². The summed E-state index contributed by atoms with van der Waals surface area (Å²) in [5, 5.41) is 4.07. The third kappa shape index (κ3) is 4.26. The molecule has 0 fully saturated rings. The van der Waals surface area contributed by atoms with Gasteiger partial charge in [-0.15, -0.1) is 0 Å². The van der Waals surface area contributed by atoms with Gasteiger partial charge < -0.3 is 4.52 Å². The second kappa shape index (κ2) is 7.79. The van der Waals surface area contributed by atoms with Crippen LogP contribution in [0.4, 0.5) is 0 Å². The first-order chi connectivity index (χ1) is 12.0. The van der Waals surface area contributed by atoms with E-state index in [0.29, 0.717) is 18.6 Å². The molecule has 1 aromatic heterocycles. The molecule has 0 aliphatic carbocycles. The first-order valence-electron chi connectivity index (χ1n) is 8.32. The van der Waals surface area contributed by atoms with Crippen molar-refractivity contribution >= 4 is 21.7 Å². The van der Waals surface area contributed by atoms with Gasteiger partial charge in [0.2, 0.25) is 0 Å². The highest BCUT2D eigenvalue weighted by atomic mass is 79.9. The molecule has 0 aliphatic heterocycles. The minimum atomic E-state index is 0.195. The molecule has 0 bridgehead atoms. The molecular weight excluding hydrogens is 378 g/mol. The maximum Gasteiger partial charge on any atom is 0.170 e. The van der Waals surface area contributed by atoms with Crippen LogP contribution in [0.1, 0.15) is 36.1 Å². The van der Waals surface area contributed by atoms with Crippen LogP contribution >= 0.6 is 15.9 Å². The predicted octanol–water partition coefficient (Wildman–Crippen LogP) is 5.72. The number of hydrogen-bond acceptors (Lipinski definition) is 3. The number of hydrogen-bond donors (Lipinski definition) is 0. The minimum Gasteiger partial charge on any atom is -0.356 e. The number of benzene rings is 2. The molecule has 0 radical (unpaired) electrons. The Morgan fingerprint density at radius 2 is 1.80 bits per heavy atom. The fraction of sp³-hybridized carbons (Fsp3) is 0.238. The number of aryl methyl sites for hydroxylation is 1. The maximum absolute atomic E-state index is 12.6. The van der Waals surface area contributed by atoms with E-state index in [-0.39, 0.29) is 11.7 Å². The van der Waals surface area contributed by atoms with Gasteiger partial charge in [-0.1, -0.05) is 70.5 Å². The zero-order chi connectivity index (χ0) is 17.8. The average Bonchev–Trinajstić information content (AvgIpc) is 2.97. The lowest BCUT2D eigenvalue weighted by Gasteiger charge is -2.11. The number of halogens is 1. The van der Waals surface area contributed by atoms with Crippen molar-refractivity contribution in [1.82, 2.24) is 5.16 Å². The van der Waals surface area contributed by atoms with E-state index in [1.165, 1.54) is 5.56 Å². The van der Waals surface area contributed by atoms with Crippen LogP contribution in [0.15, 0.2) is 63.6 Å². The van der Waals surface area contributed by atoms with Gasteiger partial charge in [0.25, 0.3) is 0 Å². The van der Waals surface area contributed by atoms with E-state index in [1.807, 2.05) is 49.4 Å². The van der Waals surface area contributed by atoms with Crippen LogP contribution in [0.2, 0.25) is 0 Å². The SMILES string of the molecule is Cc1noc(-c2ccc(Br)cc2)c1CC(=O)CC(C)c1ccccc1. The Hall–Kier alpha value is -2.20. The van der Waals surface area contributed by atoms with Crippen molar-refractivity contribution in [2.24, 2.45) is 0 Å². The van der Waals surface area contributed by atoms with E-state index < -0.39 is 0 Å². The van der Waals surface area contributed by atoms with Crippen LogP contribution < -0.4 is 0 Å². The van der Waals surface area contributed by atoms with Gasteiger partial charge in [0.05, 0.1) is 5.69 Å². The lowest BCUT2D eigenvalue weighted by molar-refractivity contribution is -0.118. The summed E-state index contributed by atoms with van der Waals surface area (Å²) in [5.41, 5.74) is 3.78. The van der Waals surface area contributed by atoms with E-state index in [0.717, 1.165) is 21.3 Å². The van der Waals surface area contributed by atoms with Crippen LogP contribution in [0.5, 0.6) is 0 Å². The van der Waals surface area contributed by atoms with E-state index in [4.69, 9.17) is 4.52 Å². The van der Waals surface area contributed by atoms with Gasteiger partial charge in [-0.05, 0) is 30.5 Å². The number of aromatic nitrogens is 1. The molecule has 3 rings (SSSR count). The Morgan fingerprint density at radius 1 is 1.12 bits per heavy atom. The number of rotatable bonds is 6. The zero-order valence-corrected chi connectivity index (χ0v) is 15.9. The highest BCUT2D eigenvalue weighted by molar-refractivity contribution is 9.10. The first kappa shape index (κ1) is 17.6. The summed E-state index contributed by atoms with van der Waals surface area (Å²) in [6.45, 7) is 3.97. The highest BCUT2D eigenvalue weighted by Gasteiger charge is 2.19. The minimum absolute atomic E-state index is 0.195. The van der Waals surface area contributed by atoms with Crippen LogP contribution in [0, 0.1) is 6.92 Å². The van der Waals surface area contributed by atoms with Crippen molar-refractivity contribution in [1.29, 1.82) is 0 Å². The molecule has 25 heavy (non-hydrogen) atoms. The van der Waals surface area contributed by atoms with E-state index >= 15 is 0 Å². The second-order valence-electron chi connectivity index (χ2n) is 6.31. The molecule has 0 amide bonds. The van der Waals surface area contributed by atoms with Crippen LogP contribution in [0.3, 0.4) is 0 Å². The topological polar surface area (TPSA) is 43.1 Å². The molecule has 128 valence electrons. The summed E-state index contributed by atoms with van der Waals surface area (Å²) in [5.74, 6) is 1.08. The maximum atomic E-state index is 12.6. The van der Waals surface area contributed by atoms with Crippen molar-refractivity contribution in [2.75, 3.05) is 0 Å². The Balaban J connectivity index is 1.75. The summed E-state index contributed by atoms with van der Waals surface area (Å²) in [7, 11) is 0. The van der Waals surface area contributed by atoms with Gasteiger partial charge in [0, 0.05) is 28.4 Å². The first-order valence-corrected chi connectivity index (χ1v) is 9.11. The molecule has 0 aliphatic rings. The lowest BCUT2D eigenvalue weighted by Crippen LogP contribution is -2.08. The molecule has 0 N–H and O–H groups in total. The fourth-order valence-electron chi connectivity index (χ4n) is 2.94. The molecule has 1 heterocycles. The van der Waals surface area contributed by atoms with E-state index in [1.54, 1.807) is 0 Å². The fourth-order valence-corrected chi connectivity index (χ4v) is 3.20. The molecule has 1 unspecified atom stereocenters. The van der Waals surface area contributed by atoms with Crippen molar-refractivity contribution in [2.45, 2.75) is 32.6 Å². The van der Waals surface area contributed by atoms with Crippen LogP contribution in [0.25, 0.3) is 11.3 Å². The molecule has 0 spiro atoms. The molecule has 3 aromatic rings. The van der Waals surface area contributed by atoms with Gasteiger partial charge in [-0.2, -0.15) is 0 Å².